The van der Waals surface area contributed by atoms with E-state index in [0.29, 0.717) is 25.0 Å². The number of ether oxygens (including phenoxy) is 3. The molecule has 1 spiro atoms. The van der Waals surface area contributed by atoms with Crippen molar-refractivity contribution in [3.63, 3.8) is 0 Å². The fourth-order valence-electron chi connectivity index (χ4n) is 4.47. The van der Waals surface area contributed by atoms with Crippen molar-refractivity contribution >= 4 is 5.91 Å². The van der Waals surface area contributed by atoms with Crippen LogP contribution in [0.2, 0.25) is 0 Å². The number of hydrogen-bond donors (Lipinski definition) is 0. The lowest BCUT2D eigenvalue weighted by Crippen LogP contribution is -2.40. The normalized spacial score (nSPS) is 21.8. The van der Waals surface area contributed by atoms with Gasteiger partial charge in [-0.05, 0) is 48.9 Å². The molecule has 2 fully saturated rings. The van der Waals surface area contributed by atoms with Crippen molar-refractivity contribution in [1.29, 1.82) is 0 Å². The molecule has 1 saturated carbocycles. The number of likely N-dealkylation sites (tertiary alicyclic amines) is 1. The third-order valence-corrected chi connectivity index (χ3v) is 5.87. The Hall–Kier alpha value is -1.75. The zero-order chi connectivity index (χ0) is 18.4. The predicted molar refractivity (Wildman–Crippen MR) is 101 cm³/mol. The Morgan fingerprint density at radius 3 is 2.46 bits per heavy atom. The number of carbonyl (C=O) groups is 1. The molecule has 1 saturated heterocycles. The first-order valence-corrected chi connectivity index (χ1v) is 9.71. The summed E-state index contributed by atoms with van der Waals surface area (Å²) >= 11 is 0. The molecule has 1 amide bonds. The zero-order valence-corrected chi connectivity index (χ0v) is 16.0. The molecule has 5 nitrogen and oxygen atoms in total. The monoisotopic (exact) mass is 361 g/mol. The highest BCUT2D eigenvalue weighted by Crippen LogP contribution is 2.46. The van der Waals surface area contributed by atoms with Crippen LogP contribution in [-0.2, 0) is 9.53 Å². The average Bonchev–Trinajstić information content (AvgIpc) is 3.03. The van der Waals surface area contributed by atoms with Crippen LogP contribution in [0.3, 0.4) is 0 Å². The van der Waals surface area contributed by atoms with Gasteiger partial charge in [0, 0.05) is 13.7 Å². The van der Waals surface area contributed by atoms with Crippen LogP contribution in [0.25, 0.3) is 0 Å². The van der Waals surface area contributed by atoms with Crippen LogP contribution >= 0.6 is 0 Å². The molecule has 3 rings (SSSR count). The van der Waals surface area contributed by atoms with E-state index in [-0.39, 0.29) is 11.9 Å². The maximum atomic E-state index is 12.7. The third-order valence-electron chi connectivity index (χ3n) is 5.87. The molecule has 1 heterocycles. The Kier molecular flexibility index (Phi) is 6.41. The highest BCUT2D eigenvalue weighted by Gasteiger charge is 2.46. The lowest BCUT2D eigenvalue weighted by molar-refractivity contribution is -0.133. The van der Waals surface area contributed by atoms with E-state index < -0.39 is 0 Å². The summed E-state index contributed by atoms with van der Waals surface area (Å²) in [6.45, 7) is 1.91. The van der Waals surface area contributed by atoms with Gasteiger partial charge in [-0.15, -0.1) is 0 Å². The summed E-state index contributed by atoms with van der Waals surface area (Å²) in [7, 11) is 3.30. The smallest absolute Gasteiger partial charge is 0.225 e. The molecule has 1 aromatic rings. The fraction of sp³-hybridized carbons (Fsp3) is 0.667. The van der Waals surface area contributed by atoms with Crippen molar-refractivity contribution < 1.29 is 19.0 Å². The van der Waals surface area contributed by atoms with Crippen LogP contribution in [-0.4, -0.2) is 50.8 Å². The third kappa shape index (κ3) is 4.50. The molecule has 2 aliphatic rings. The van der Waals surface area contributed by atoms with Gasteiger partial charge in [0.05, 0.1) is 26.2 Å². The number of carbonyl (C=O) groups excluding carboxylic acids is 1. The van der Waals surface area contributed by atoms with Crippen LogP contribution in [0, 0.1) is 5.41 Å². The van der Waals surface area contributed by atoms with Crippen molar-refractivity contribution in [3.8, 4) is 11.5 Å². The van der Waals surface area contributed by atoms with Gasteiger partial charge in [-0.2, -0.15) is 0 Å². The van der Waals surface area contributed by atoms with E-state index in [2.05, 4.69) is 4.90 Å². The van der Waals surface area contributed by atoms with Crippen LogP contribution in [0.15, 0.2) is 24.3 Å². The molecular weight excluding hydrogens is 330 g/mol. The molecule has 0 bridgehead atoms. The van der Waals surface area contributed by atoms with Crippen LogP contribution in [0.1, 0.15) is 44.9 Å². The summed E-state index contributed by atoms with van der Waals surface area (Å²) in [4.78, 5) is 14.8. The molecule has 1 unspecified atom stereocenters. The lowest BCUT2D eigenvalue weighted by atomic mass is 9.73. The Labute approximate surface area is 156 Å². The second kappa shape index (κ2) is 8.76. The average molecular weight is 361 g/mol. The number of methoxy groups -OCH3 is 2. The minimum absolute atomic E-state index is 0.152. The van der Waals surface area contributed by atoms with Crippen molar-refractivity contribution in [2.75, 3.05) is 34.0 Å². The van der Waals surface area contributed by atoms with Crippen molar-refractivity contribution in [3.05, 3.63) is 24.3 Å². The molecule has 1 atom stereocenters. The lowest BCUT2D eigenvalue weighted by Gasteiger charge is -2.33. The van der Waals surface area contributed by atoms with E-state index in [1.54, 1.807) is 14.2 Å². The van der Waals surface area contributed by atoms with Gasteiger partial charge in [-0.1, -0.05) is 19.3 Å². The second-order valence-electron chi connectivity index (χ2n) is 7.67. The van der Waals surface area contributed by atoms with Crippen molar-refractivity contribution in [1.82, 2.24) is 4.90 Å². The largest absolute Gasteiger partial charge is 0.497 e. The van der Waals surface area contributed by atoms with Crippen LogP contribution < -0.4 is 9.47 Å². The predicted octanol–water partition coefficient (Wildman–Crippen LogP) is 3.66. The minimum atomic E-state index is 0.152. The van der Waals surface area contributed by atoms with E-state index in [4.69, 9.17) is 14.2 Å². The number of nitrogens with zero attached hydrogens (tertiary/aromatic N) is 1. The first-order valence-electron chi connectivity index (χ1n) is 9.71. The minimum Gasteiger partial charge on any atom is -0.497 e. The van der Waals surface area contributed by atoms with E-state index in [1.807, 2.05) is 24.3 Å². The Morgan fingerprint density at radius 2 is 1.81 bits per heavy atom. The van der Waals surface area contributed by atoms with Gasteiger partial charge >= 0.3 is 0 Å². The topological polar surface area (TPSA) is 48.0 Å². The first kappa shape index (κ1) is 19.0. The van der Waals surface area contributed by atoms with Gasteiger partial charge in [0.25, 0.3) is 0 Å². The Bertz CT molecular complexity index is 580. The Balaban J connectivity index is 1.65. The van der Waals surface area contributed by atoms with E-state index in [1.165, 1.54) is 32.1 Å². The van der Waals surface area contributed by atoms with E-state index in [9.17, 15) is 4.79 Å². The summed E-state index contributed by atoms with van der Waals surface area (Å²) in [6.07, 6.45) is 7.87. The van der Waals surface area contributed by atoms with Gasteiger partial charge in [0.15, 0.2) is 0 Å². The number of hydrogen-bond acceptors (Lipinski definition) is 4. The van der Waals surface area contributed by atoms with Crippen LogP contribution in [0.5, 0.6) is 11.5 Å². The number of rotatable bonds is 7. The molecule has 1 aliphatic heterocycles. The summed E-state index contributed by atoms with van der Waals surface area (Å²) in [5.74, 6) is 1.83. The summed E-state index contributed by atoms with van der Waals surface area (Å²) in [6, 6.07) is 7.78. The molecular formula is C21H31NO4. The molecule has 0 N–H and O–H groups in total. The maximum absolute atomic E-state index is 12.7. The van der Waals surface area contributed by atoms with E-state index >= 15 is 0 Å². The second-order valence-corrected chi connectivity index (χ2v) is 7.67. The quantitative estimate of drug-likeness (QED) is 0.744. The maximum Gasteiger partial charge on any atom is 0.225 e. The number of amides is 1. The summed E-state index contributed by atoms with van der Waals surface area (Å²) in [5.41, 5.74) is 0.301. The van der Waals surface area contributed by atoms with Gasteiger partial charge in [0.2, 0.25) is 5.91 Å². The Morgan fingerprint density at radius 1 is 1.12 bits per heavy atom. The van der Waals surface area contributed by atoms with Crippen LogP contribution in [0.4, 0.5) is 0 Å². The SMILES string of the molecule is COCCC(=O)N1CC2(CCCCC2)CC1COc1ccc(OC)cc1. The highest BCUT2D eigenvalue weighted by molar-refractivity contribution is 5.77. The van der Waals surface area contributed by atoms with E-state index in [0.717, 1.165) is 24.5 Å². The van der Waals surface area contributed by atoms with Gasteiger partial charge < -0.3 is 19.1 Å². The molecule has 5 heteroatoms. The standard InChI is InChI=1S/C21H31NO4/c1-24-13-10-20(23)22-16-21(11-4-3-5-12-21)14-17(22)15-26-19-8-6-18(25-2)7-9-19/h6-9,17H,3-5,10-16H2,1-2H3. The molecule has 0 aromatic heterocycles. The number of benzene rings is 1. The van der Waals surface area contributed by atoms with Crippen molar-refractivity contribution in [2.24, 2.45) is 5.41 Å². The van der Waals surface area contributed by atoms with Crippen molar-refractivity contribution in [2.45, 2.75) is 51.0 Å². The van der Waals surface area contributed by atoms with Gasteiger partial charge in [0.1, 0.15) is 18.1 Å². The summed E-state index contributed by atoms with van der Waals surface area (Å²) < 4.78 is 16.3. The molecule has 144 valence electrons. The van der Waals surface area contributed by atoms with Gasteiger partial charge in [-0.3, -0.25) is 4.79 Å². The summed E-state index contributed by atoms with van der Waals surface area (Å²) in [5, 5.41) is 0. The zero-order valence-electron chi connectivity index (χ0n) is 16.0. The first-order chi connectivity index (χ1) is 12.7. The molecule has 0 radical (unpaired) electrons. The molecule has 1 aliphatic carbocycles. The molecule has 1 aromatic carbocycles. The molecule has 26 heavy (non-hydrogen) atoms. The fourth-order valence-corrected chi connectivity index (χ4v) is 4.47. The highest BCUT2D eigenvalue weighted by atomic mass is 16.5. The van der Waals surface area contributed by atoms with Gasteiger partial charge in [-0.25, -0.2) is 0 Å².